The summed E-state index contributed by atoms with van der Waals surface area (Å²) in [4.78, 5) is 11.5. The van der Waals surface area contributed by atoms with E-state index in [0.717, 1.165) is 35.5 Å². The lowest BCUT2D eigenvalue weighted by Crippen LogP contribution is -2.37. The highest BCUT2D eigenvalue weighted by molar-refractivity contribution is 5.90. The molecule has 0 atom stereocenters. The Labute approximate surface area is 151 Å². The van der Waals surface area contributed by atoms with E-state index in [4.69, 9.17) is 9.72 Å². The minimum absolute atomic E-state index is 0. The number of hydrogen-bond donors (Lipinski definition) is 2. The van der Waals surface area contributed by atoms with Gasteiger partial charge in [0, 0.05) is 30.2 Å². The first-order valence-electron chi connectivity index (χ1n) is 7.95. The molecule has 0 radical (unpaired) electrons. The number of fused-ring (bicyclic) bond motifs is 1. The zero-order valence-electron chi connectivity index (χ0n) is 13.6. The molecule has 1 fully saturated rings. The summed E-state index contributed by atoms with van der Waals surface area (Å²) in [6, 6.07) is 14.9. The van der Waals surface area contributed by atoms with Crippen LogP contribution in [0.1, 0.15) is 0 Å². The molecule has 130 valence electrons. The Hall–Kier alpha value is -2.57. The number of phenols is 1. The molecular formula is C18H19ClN4O2. The molecule has 0 amide bonds. The highest BCUT2D eigenvalue weighted by Crippen LogP contribution is 2.27. The van der Waals surface area contributed by atoms with Crippen LogP contribution in [0.25, 0.3) is 10.9 Å². The maximum absolute atomic E-state index is 9.62. The zero-order valence-corrected chi connectivity index (χ0v) is 14.4. The highest BCUT2D eigenvalue weighted by Gasteiger charge is 2.17. The van der Waals surface area contributed by atoms with Crippen molar-refractivity contribution in [2.45, 2.75) is 0 Å². The van der Waals surface area contributed by atoms with Crippen molar-refractivity contribution >= 4 is 40.8 Å². The fourth-order valence-corrected chi connectivity index (χ4v) is 2.84. The Balaban J connectivity index is 0.00000182. The van der Waals surface area contributed by atoms with E-state index in [2.05, 4.69) is 15.2 Å². The van der Waals surface area contributed by atoms with Crippen LogP contribution in [0, 0.1) is 0 Å². The summed E-state index contributed by atoms with van der Waals surface area (Å²) in [5.41, 5.74) is 1.63. The Bertz CT molecular complexity index is 869. The maximum atomic E-state index is 9.62. The van der Waals surface area contributed by atoms with Crippen LogP contribution in [0.4, 0.5) is 17.5 Å². The number of aromatic nitrogens is 2. The molecule has 0 spiro atoms. The summed E-state index contributed by atoms with van der Waals surface area (Å²) < 4.78 is 5.44. The summed E-state index contributed by atoms with van der Waals surface area (Å²) in [6.07, 6.45) is 0. The summed E-state index contributed by atoms with van der Waals surface area (Å²) in [5.74, 6) is 1.63. The summed E-state index contributed by atoms with van der Waals surface area (Å²) >= 11 is 0. The minimum atomic E-state index is 0. The number of aromatic hydroxyl groups is 1. The molecule has 3 aromatic rings. The van der Waals surface area contributed by atoms with Gasteiger partial charge in [-0.1, -0.05) is 18.2 Å². The second-order valence-corrected chi connectivity index (χ2v) is 5.66. The van der Waals surface area contributed by atoms with Gasteiger partial charge in [-0.2, -0.15) is 4.98 Å². The van der Waals surface area contributed by atoms with Crippen LogP contribution < -0.4 is 10.2 Å². The molecule has 1 aromatic heterocycles. The number of benzene rings is 2. The molecule has 25 heavy (non-hydrogen) atoms. The lowest BCUT2D eigenvalue weighted by molar-refractivity contribution is 0.122. The van der Waals surface area contributed by atoms with Gasteiger partial charge in [-0.05, 0) is 24.3 Å². The first kappa shape index (κ1) is 17.3. The van der Waals surface area contributed by atoms with E-state index in [1.54, 1.807) is 18.2 Å². The smallest absolute Gasteiger partial charge is 0.229 e. The molecule has 0 bridgehead atoms. The first-order chi connectivity index (χ1) is 11.8. The average molecular weight is 359 g/mol. The second-order valence-electron chi connectivity index (χ2n) is 5.66. The number of ether oxygens (including phenoxy) is 1. The van der Waals surface area contributed by atoms with Gasteiger partial charge in [0.05, 0.1) is 18.7 Å². The number of morpholine rings is 1. The van der Waals surface area contributed by atoms with Crippen LogP contribution in [0.5, 0.6) is 5.75 Å². The predicted molar refractivity (Wildman–Crippen MR) is 101 cm³/mol. The number of nitrogens with one attached hydrogen (secondary N) is 1. The molecule has 1 aliphatic heterocycles. The van der Waals surface area contributed by atoms with Crippen LogP contribution in [0.15, 0.2) is 48.5 Å². The Morgan fingerprint density at radius 2 is 1.80 bits per heavy atom. The number of nitrogens with zero attached hydrogens (tertiary/aromatic N) is 3. The van der Waals surface area contributed by atoms with Gasteiger partial charge in [-0.15, -0.1) is 12.4 Å². The van der Waals surface area contributed by atoms with Gasteiger partial charge >= 0.3 is 0 Å². The van der Waals surface area contributed by atoms with Crippen molar-refractivity contribution < 1.29 is 9.84 Å². The molecule has 7 heteroatoms. The van der Waals surface area contributed by atoms with Crippen molar-refractivity contribution in [1.82, 2.24) is 9.97 Å². The molecule has 0 unspecified atom stereocenters. The maximum Gasteiger partial charge on any atom is 0.229 e. The first-order valence-corrected chi connectivity index (χ1v) is 7.95. The van der Waals surface area contributed by atoms with Crippen LogP contribution in [0.2, 0.25) is 0 Å². The van der Waals surface area contributed by atoms with E-state index in [1.807, 2.05) is 30.3 Å². The van der Waals surface area contributed by atoms with Crippen molar-refractivity contribution in [3.05, 3.63) is 48.5 Å². The molecule has 0 aliphatic carbocycles. The van der Waals surface area contributed by atoms with Crippen LogP contribution in [-0.4, -0.2) is 41.4 Å². The van der Waals surface area contributed by atoms with Gasteiger partial charge in [0.2, 0.25) is 5.95 Å². The van der Waals surface area contributed by atoms with Crippen molar-refractivity contribution in [3.63, 3.8) is 0 Å². The quantitative estimate of drug-likeness (QED) is 0.748. The molecule has 1 aliphatic rings. The lowest BCUT2D eigenvalue weighted by Gasteiger charge is -2.29. The minimum Gasteiger partial charge on any atom is -0.508 e. The van der Waals surface area contributed by atoms with E-state index >= 15 is 0 Å². The molecule has 2 N–H and O–H groups in total. The van der Waals surface area contributed by atoms with Crippen LogP contribution in [-0.2, 0) is 4.74 Å². The Morgan fingerprint density at radius 3 is 2.60 bits per heavy atom. The van der Waals surface area contributed by atoms with Crippen molar-refractivity contribution in [2.24, 2.45) is 0 Å². The number of para-hydroxylation sites is 1. The molecular weight excluding hydrogens is 340 g/mol. The average Bonchev–Trinajstić information content (AvgIpc) is 2.62. The summed E-state index contributed by atoms with van der Waals surface area (Å²) in [7, 11) is 0. The van der Waals surface area contributed by atoms with Gasteiger partial charge in [0.25, 0.3) is 0 Å². The number of rotatable bonds is 3. The Morgan fingerprint density at radius 1 is 1.00 bits per heavy atom. The standard InChI is InChI=1S/C18H18N4O2.ClH/c23-14-5-3-4-13(12-14)19-18-20-16-7-2-1-6-15(16)17(21-18)22-8-10-24-11-9-22;/h1-7,12,23H,8-11H2,(H,19,20,21);1H. The molecule has 0 saturated carbocycles. The van der Waals surface area contributed by atoms with Gasteiger partial charge in [0.15, 0.2) is 0 Å². The molecule has 2 heterocycles. The zero-order chi connectivity index (χ0) is 16.4. The van der Waals surface area contributed by atoms with Crippen molar-refractivity contribution in [3.8, 4) is 5.75 Å². The van der Waals surface area contributed by atoms with Crippen LogP contribution >= 0.6 is 12.4 Å². The summed E-state index contributed by atoms with van der Waals surface area (Å²) in [5, 5.41) is 13.8. The SMILES string of the molecule is Cl.Oc1cccc(Nc2nc(N3CCOCC3)c3ccccc3n2)c1. The van der Waals surface area contributed by atoms with E-state index in [0.29, 0.717) is 19.2 Å². The lowest BCUT2D eigenvalue weighted by atomic mass is 10.2. The third-order valence-corrected chi connectivity index (χ3v) is 4.00. The van der Waals surface area contributed by atoms with Crippen molar-refractivity contribution in [2.75, 3.05) is 36.5 Å². The molecule has 1 saturated heterocycles. The third kappa shape index (κ3) is 3.75. The Kier molecular flexibility index (Phi) is 5.21. The summed E-state index contributed by atoms with van der Waals surface area (Å²) in [6.45, 7) is 3.03. The van der Waals surface area contributed by atoms with Crippen LogP contribution in [0.3, 0.4) is 0 Å². The van der Waals surface area contributed by atoms with E-state index < -0.39 is 0 Å². The number of phenolic OH excluding ortho intramolecular Hbond substituents is 1. The van der Waals surface area contributed by atoms with Gasteiger partial charge in [-0.3, -0.25) is 0 Å². The monoisotopic (exact) mass is 358 g/mol. The molecule has 4 rings (SSSR count). The highest BCUT2D eigenvalue weighted by atomic mass is 35.5. The van der Waals surface area contributed by atoms with E-state index in [-0.39, 0.29) is 18.2 Å². The van der Waals surface area contributed by atoms with E-state index in [1.165, 1.54) is 0 Å². The largest absolute Gasteiger partial charge is 0.508 e. The molecule has 6 nitrogen and oxygen atoms in total. The number of halogens is 1. The van der Waals surface area contributed by atoms with Gasteiger partial charge in [0.1, 0.15) is 11.6 Å². The van der Waals surface area contributed by atoms with Gasteiger partial charge < -0.3 is 20.1 Å². The predicted octanol–water partition coefficient (Wildman–Crippen LogP) is 3.34. The number of hydrogen-bond acceptors (Lipinski definition) is 6. The van der Waals surface area contributed by atoms with Gasteiger partial charge in [-0.25, -0.2) is 4.98 Å². The second kappa shape index (κ2) is 7.55. The normalized spacial score (nSPS) is 14.2. The fourth-order valence-electron chi connectivity index (χ4n) is 2.84. The fraction of sp³-hybridized carbons (Fsp3) is 0.222. The van der Waals surface area contributed by atoms with Crippen molar-refractivity contribution in [1.29, 1.82) is 0 Å². The van der Waals surface area contributed by atoms with E-state index in [9.17, 15) is 5.11 Å². The third-order valence-electron chi connectivity index (χ3n) is 4.00. The number of anilines is 3. The topological polar surface area (TPSA) is 70.5 Å². The molecule has 2 aromatic carbocycles.